The Morgan fingerprint density at radius 3 is 2.17 bits per heavy atom. The summed E-state index contributed by atoms with van der Waals surface area (Å²) in [5.74, 6) is 0. The number of benzene rings is 2. The maximum absolute atomic E-state index is 3.52. The van der Waals surface area contributed by atoms with Crippen LogP contribution in [-0.4, -0.2) is 4.98 Å². The van der Waals surface area contributed by atoms with Crippen molar-refractivity contribution in [3.8, 4) is 0 Å². The van der Waals surface area contributed by atoms with Crippen LogP contribution in [0.2, 0.25) is 0 Å². The summed E-state index contributed by atoms with van der Waals surface area (Å²) in [4.78, 5) is 3.50. The van der Waals surface area contributed by atoms with Crippen molar-refractivity contribution in [1.29, 1.82) is 0 Å². The highest BCUT2D eigenvalue weighted by atomic mass is 79.9. The molecular formula is C16H16BrN. The maximum Gasteiger partial charge on any atom is 0.0476 e. The molecule has 0 amide bonds. The molecule has 0 spiro atoms. The van der Waals surface area contributed by atoms with Gasteiger partial charge in [0.15, 0.2) is 0 Å². The number of fused-ring (bicyclic) bond motifs is 3. The quantitative estimate of drug-likeness (QED) is 0.574. The molecule has 1 aromatic heterocycles. The summed E-state index contributed by atoms with van der Waals surface area (Å²) in [5, 5.41) is 2.58. The van der Waals surface area contributed by atoms with Gasteiger partial charge in [-0.15, -0.1) is 0 Å². The van der Waals surface area contributed by atoms with E-state index < -0.39 is 0 Å². The van der Waals surface area contributed by atoms with Gasteiger partial charge in [-0.2, -0.15) is 0 Å². The summed E-state index contributed by atoms with van der Waals surface area (Å²) in [6.07, 6.45) is 0. The molecule has 1 N–H and O–H groups in total. The minimum absolute atomic E-state index is 0.187. The van der Waals surface area contributed by atoms with Gasteiger partial charge in [0, 0.05) is 26.3 Å². The summed E-state index contributed by atoms with van der Waals surface area (Å²) < 4.78 is 1.11. The number of halogens is 1. The van der Waals surface area contributed by atoms with Crippen LogP contribution in [0.15, 0.2) is 40.9 Å². The van der Waals surface area contributed by atoms with Crippen molar-refractivity contribution in [1.82, 2.24) is 4.98 Å². The van der Waals surface area contributed by atoms with Crippen molar-refractivity contribution < 1.29 is 0 Å². The molecule has 3 aromatic rings. The van der Waals surface area contributed by atoms with E-state index in [0.29, 0.717) is 0 Å². The molecule has 0 unspecified atom stereocenters. The van der Waals surface area contributed by atoms with E-state index in [0.717, 1.165) is 4.47 Å². The smallest absolute Gasteiger partial charge is 0.0476 e. The highest BCUT2D eigenvalue weighted by molar-refractivity contribution is 9.10. The molecule has 2 heteroatoms. The molecule has 0 saturated heterocycles. The van der Waals surface area contributed by atoms with E-state index in [1.165, 1.54) is 27.4 Å². The lowest BCUT2D eigenvalue weighted by Gasteiger charge is -2.18. The standard InChI is InChI=1S/C16H16BrN/c1-16(2,3)10-4-6-12-13-7-5-11(17)9-15(13)18-14(12)8-10/h4-9,18H,1-3H3. The highest BCUT2D eigenvalue weighted by Gasteiger charge is 2.15. The molecule has 0 aliphatic rings. The maximum atomic E-state index is 3.52. The fraction of sp³-hybridized carbons (Fsp3) is 0.250. The first-order chi connectivity index (χ1) is 8.45. The number of hydrogen-bond acceptors (Lipinski definition) is 0. The van der Waals surface area contributed by atoms with Gasteiger partial charge in [-0.3, -0.25) is 0 Å². The fourth-order valence-corrected chi connectivity index (χ4v) is 2.71. The van der Waals surface area contributed by atoms with Crippen LogP contribution in [0.4, 0.5) is 0 Å². The van der Waals surface area contributed by atoms with Crippen molar-refractivity contribution in [2.75, 3.05) is 0 Å². The van der Waals surface area contributed by atoms with Gasteiger partial charge in [0.25, 0.3) is 0 Å². The Hall–Kier alpha value is -1.28. The summed E-state index contributed by atoms with van der Waals surface area (Å²) >= 11 is 3.52. The number of rotatable bonds is 0. The van der Waals surface area contributed by atoms with Crippen LogP contribution in [0.5, 0.6) is 0 Å². The van der Waals surface area contributed by atoms with Crippen molar-refractivity contribution in [3.05, 3.63) is 46.4 Å². The van der Waals surface area contributed by atoms with Gasteiger partial charge in [-0.25, -0.2) is 0 Å². The van der Waals surface area contributed by atoms with Gasteiger partial charge in [0.2, 0.25) is 0 Å². The Morgan fingerprint density at radius 2 is 1.50 bits per heavy atom. The van der Waals surface area contributed by atoms with E-state index >= 15 is 0 Å². The Bertz CT molecular complexity index is 732. The SMILES string of the molecule is CC(C)(C)c1ccc2c(c1)[nH]c1cc(Br)ccc12. The number of hydrogen-bond donors (Lipinski definition) is 1. The third kappa shape index (κ3) is 1.85. The van der Waals surface area contributed by atoms with Crippen LogP contribution >= 0.6 is 15.9 Å². The van der Waals surface area contributed by atoms with E-state index in [4.69, 9.17) is 0 Å². The molecule has 0 saturated carbocycles. The van der Waals surface area contributed by atoms with Gasteiger partial charge < -0.3 is 4.98 Å². The third-order valence-corrected chi connectivity index (χ3v) is 3.92. The van der Waals surface area contributed by atoms with E-state index in [1.807, 2.05) is 0 Å². The normalized spacial score (nSPS) is 12.4. The molecule has 18 heavy (non-hydrogen) atoms. The molecule has 92 valence electrons. The zero-order valence-corrected chi connectivity index (χ0v) is 12.4. The van der Waals surface area contributed by atoms with Crippen LogP contribution < -0.4 is 0 Å². The lowest BCUT2D eigenvalue weighted by Crippen LogP contribution is -2.10. The Labute approximate surface area is 115 Å². The van der Waals surface area contributed by atoms with E-state index in [9.17, 15) is 0 Å². The molecule has 1 heterocycles. The number of H-pyrrole nitrogens is 1. The van der Waals surface area contributed by atoms with Crippen molar-refractivity contribution >= 4 is 37.7 Å². The number of aromatic amines is 1. The molecule has 0 aliphatic carbocycles. The molecule has 0 bridgehead atoms. The largest absolute Gasteiger partial charge is 0.354 e. The highest BCUT2D eigenvalue weighted by Crippen LogP contribution is 2.31. The molecular weight excluding hydrogens is 286 g/mol. The third-order valence-electron chi connectivity index (χ3n) is 3.43. The van der Waals surface area contributed by atoms with Crippen LogP contribution in [0.3, 0.4) is 0 Å². The summed E-state index contributed by atoms with van der Waals surface area (Å²) in [5.41, 5.74) is 3.95. The fourth-order valence-electron chi connectivity index (χ4n) is 2.35. The average molecular weight is 302 g/mol. The Kier molecular flexibility index (Phi) is 2.53. The number of aromatic nitrogens is 1. The second kappa shape index (κ2) is 3.86. The van der Waals surface area contributed by atoms with Crippen LogP contribution in [0.25, 0.3) is 21.8 Å². The van der Waals surface area contributed by atoms with Crippen LogP contribution in [-0.2, 0) is 5.41 Å². The molecule has 1 nitrogen and oxygen atoms in total. The Morgan fingerprint density at radius 1 is 0.889 bits per heavy atom. The van der Waals surface area contributed by atoms with Crippen molar-refractivity contribution in [2.24, 2.45) is 0 Å². The summed E-state index contributed by atoms with van der Waals surface area (Å²) in [6, 6.07) is 13.1. The lowest BCUT2D eigenvalue weighted by molar-refractivity contribution is 0.591. The van der Waals surface area contributed by atoms with E-state index in [2.05, 4.69) is 78.1 Å². The second-order valence-electron chi connectivity index (χ2n) is 5.83. The predicted octanol–water partition coefficient (Wildman–Crippen LogP) is 5.38. The molecule has 0 radical (unpaired) electrons. The van der Waals surface area contributed by atoms with Gasteiger partial charge in [-0.1, -0.05) is 54.9 Å². The predicted molar refractivity (Wildman–Crippen MR) is 82.2 cm³/mol. The zero-order valence-electron chi connectivity index (χ0n) is 10.8. The second-order valence-corrected chi connectivity index (χ2v) is 6.74. The minimum Gasteiger partial charge on any atom is -0.354 e. The van der Waals surface area contributed by atoms with Gasteiger partial charge in [0.05, 0.1) is 0 Å². The van der Waals surface area contributed by atoms with Gasteiger partial charge in [0.1, 0.15) is 0 Å². The molecule has 0 aliphatic heterocycles. The first kappa shape index (κ1) is 11.8. The van der Waals surface area contributed by atoms with Crippen molar-refractivity contribution in [3.63, 3.8) is 0 Å². The first-order valence-corrected chi connectivity index (χ1v) is 6.96. The van der Waals surface area contributed by atoms with Gasteiger partial charge >= 0.3 is 0 Å². The molecule has 0 fully saturated rings. The molecule has 0 atom stereocenters. The lowest BCUT2D eigenvalue weighted by atomic mass is 9.86. The number of nitrogens with one attached hydrogen (secondary N) is 1. The zero-order chi connectivity index (χ0) is 12.9. The van der Waals surface area contributed by atoms with E-state index in [1.54, 1.807) is 0 Å². The first-order valence-electron chi connectivity index (χ1n) is 6.17. The molecule has 2 aromatic carbocycles. The minimum atomic E-state index is 0.187. The van der Waals surface area contributed by atoms with Crippen molar-refractivity contribution in [2.45, 2.75) is 26.2 Å². The van der Waals surface area contributed by atoms with Gasteiger partial charge in [-0.05, 0) is 29.2 Å². The summed E-state index contributed by atoms with van der Waals surface area (Å²) in [7, 11) is 0. The van der Waals surface area contributed by atoms with Crippen LogP contribution in [0.1, 0.15) is 26.3 Å². The van der Waals surface area contributed by atoms with Crippen LogP contribution in [0, 0.1) is 0 Å². The average Bonchev–Trinajstić information content (AvgIpc) is 2.63. The topological polar surface area (TPSA) is 15.8 Å². The van der Waals surface area contributed by atoms with E-state index in [-0.39, 0.29) is 5.41 Å². The Balaban J connectivity index is 2.33. The summed E-state index contributed by atoms with van der Waals surface area (Å²) in [6.45, 7) is 6.73. The molecule has 3 rings (SSSR count). The monoisotopic (exact) mass is 301 g/mol.